The predicted molar refractivity (Wildman–Crippen MR) is 167 cm³/mol. The van der Waals surface area contributed by atoms with Crippen molar-refractivity contribution < 1.29 is 35.9 Å². The zero-order valence-corrected chi connectivity index (χ0v) is 27.8. The molecule has 0 saturated carbocycles. The number of alkyl halides is 6. The molecular weight excluding hydrogens is 671 g/mol. The van der Waals surface area contributed by atoms with Crippen molar-refractivity contribution in [1.29, 1.82) is 0 Å². The van der Waals surface area contributed by atoms with Crippen LogP contribution in [0.4, 0.5) is 43.8 Å². The van der Waals surface area contributed by atoms with Gasteiger partial charge in [-0.1, -0.05) is 19.6 Å². The van der Waals surface area contributed by atoms with Crippen LogP contribution in [0.1, 0.15) is 18.1 Å². The standard InChI is InChI=1S/C28H34F6N8O3SSi/c1-18(39-21-14-38-42(17-45-9-10-47(2,3)4)25(44)24(21)28(32,33)34)16-46-20-5-6-35-22(11-20)41-8-7-40(15-23(41)43)26-36-12-19(13-37-26)27(29,30)31/h5-6,11-14,18,39H,7-10,15-17H2,1-4H3. The second kappa shape index (κ2) is 14.6. The molecule has 1 aliphatic heterocycles. The molecule has 1 N–H and O–H groups in total. The number of carbonyl (C=O) groups is 1. The van der Waals surface area contributed by atoms with Gasteiger partial charge in [-0.25, -0.2) is 19.6 Å². The summed E-state index contributed by atoms with van der Waals surface area (Å²) >= 11 is 1.30. The quantitative estimate of drug-likeness (QED) is 0.116. The fourth-order valence-electron chi connectivity index (χ4n) is 4.38. The molecule has 1 atom stereocenters. The molecule has 256 valence electrons. The van der Waals surface area contributed by atoms with Gasteiger partial charge in [0.15, 0.2) is 0 Å². The van der Waals surface area contributed by atoms with Gasteiger partial charge in [-0.05, 0) is 25.1 Å². The van der Waals surface area contributed by atoms with Gasteiger partial charge >= 0.3 is 12.4 Å². The maximum Gasteiger partial charge on any atom is 0.423 e. The number of pyridine rings is 1. The van der Waals surface area contributed by atoms with Crippen LogP contribution < -0.4 is 20.7 Å². The number of anilines is 3. The summed E-state index contributed by atoms with van der Waals surface area (Å²) in [6, 6.07) is 3.60. The molecule has 11 nitrogen and oxygen atoms in total. The van der Waals surface area contributed by atoms with E-state index in [1.165, 1.54) is 27.8 Å². The van der Waals surface area contributed by atoms with E-state index in [0.717, 1.165) is 12.2 Å². The zero-order valence-electron chi connectivity index (χ0n) is 26.0. The number of ether oxygens (including phenoxy) is 1. The number of hydrogen-bond donors (Lipinski definition) is 1. The summed E-state index contributed by atoms with van der Waals surface area (Å²) in [5.74, 6) is 0.258. The van der Waals surface area contributed by atoms with E-state index < -0.39 is 48.8 Å². The SMILES string of the molecule is CC(CSc1ccnc(N2CCN(c3ncc(C(F)(F)F)cn3)CC2=O)c1)Nc1cnn(COCC[Si](C)(C)C)c(=O)c1C(F)(F)F. The number of nitrogens with one attached hydrogen (secondary N) is 1. The third-order valence-corrected chi connectivity index (χ3v) is 9.86. The van der Waals surface area contributed by atoms with Crippen molar-refractivity contribution >= 4 is 43.2 Å². The molecule has 47 heavy (non-hydrogen) atoms. The van der Waals surface area contributed by atoms with E-state index in [1.807, 2.05) is 0 Å². The van der Waals surface area contributed by atoms with E-state index in [9.17, 15) is 35.9 Å². The summed E-state index contributed by atoms with van der Waals surface area (Å²) in [5, 5.41) is 6.63. The molecule has 0 bridgehead atoms. The number of rotatable bonds is 12. The molecule has 0 radical (unpaired) electrons. The van der Waals surface area contributed by atoms with Crippen molar-refractivity contribution in [3.63, 3.8) is 0 Å². The largest absolute Gasteiger partial charge is 0.423 e. The summed E-state index contributed by atoms with van der Waals surface area (Å²) < 4.78 is 86.4. The molecule has 19 heteroatoms. The highest BCUT2D eigenvalue weighted by molar-refractivity contribution is 7.99. The van der Waals surface area contributed by atoms with Crippen LogP contribution in [0, 0.1) is 0 Å². The highest BCUT2D eigenvalue weighted by Gasteiger charge is 2.38. The van der Waals surface area contributed by atoms with Crippen LogP contribution >= 0.6 is 11.8 Å². The van der Waals surface area contributed by atoms with Crippen LogP contribution in [0.25, 0.3) is 0 Å². The molecule has 1 unspecified atom stereocenters. The van der Waals surface area contributed by atoms with Crippen LogP contribution in [0.5, 0.6) is 0 Å². The Labute approximate surface area is 271 Å². The lowest BCUT2D eigenvalue weighted by Crippen LogP contribution is -2.51. The van der Waals surface area contributed by atoms with Gasteiger partial charge in [-0.15, -0.1) is 11.8 Å². The molecule has 1 saturated heterocycles. The third-order valence-electron chi connectivity index (χ3n) is 6.90. The van der Waals surface area contributed by atoms with E-state index >= 15 is 0 Å². The summed E-state index contributed by atoms with van der Waals surface area (Å²) in [6.07, 6.45) is -5.71. The minimum atomic E-state index is -4.93. The van der Waals surface area contributed by atoms with Gasteiger partial charge in [0.1, 0.15) is 24.7 Å². The van der Waals surface area contributed by atoms with Crippen molar-refractivity contribution in [2.24, 2.45) is 0 Å². The molecule has 1 aliphatic rings. The number of aromatic nitrogens is 5. The molecule has 4 rings (SSSR count). The molecule has 0 aromatic carbocycles. The fraction of sp³-hybridized carbons (Fsp3) is 0.500. The van der Waals surface area contributed by atoms with Crippen molar-refractivity contribution in [2.75, 3.05) is 47.1 Å². The first kappa shape index (κ1) is 36.1. The van der Waals surface area contributed by atoms with Gasteiger partial charge in [0.05, 0.1) is 17.4 Å². The normalized spacial score (nSPS) is 15.2. The monoisotopic (exact) mass is 704 g/mol. The van der Waals surface area contributed by atoms with Crippen LogP contribution in [-0.2, 0) is 28.6 Å². The van der Waals surface area contributed by atoms with Gasteiger partial charge in [0, 0.05) is 63.1 Å². The Kier molecular flexibility index (Phi) is 11.2. The highest BCUT2D eigenvalue weighted by Crippen LogP contribution is 2.33. The van der Waals surface area contributed by atoms with E-state index in [4.69, 9.17) is 4.74 Å². The predicted octanol–water partition coefficient (Wildman–Crippen LogP) is 5.22. The first-order valence-corrected chi connectivity index (χ1v) is 19.2. The minimum Gasteiger partial charge on any atom is -0.380 e. The molecule has 0 aliphatic carbocycles. The van der Waals surface area contributed by atoms with Gasteiger partial charge in [-0.2, -0.15) is 31.4 Å². The second-order valence-corrected chi connectivity index (χ2v) is 18.7. The Morgan fingerprint density at radius 2 is 1.72 bits per heavy atom. The number of thioether (sulfide) groups is 1. The van der Waals surface area contributed by atoms with Gasteiger partial charge in [0.25, 0.3) is 5.56 Å². The molecule has 0 spiro atoms. The lowest BCUT2D eigenvalue weighted by molar-refractivity contribution is -0.139. The summed E-state index contributed by atoms with van der Waals surface area (Å²) in [7, 11) is -1.42. The molecule has 1 amide bonds. The first-order valence-electron chi connectivity index (χ1n) is 14.5. The van der Waals surface area contributed by atoms with Crippen molar-refractivity contribution in [3.05, 3.63) is 58.4 Å². The minimum absolute atomic E-state index is 0.00300. The number of carbonyl (C=O) groups excluding carboxylic acids is 1. The number of nitrogens with zero attached hydrogens (tertiary/aromatic N) is 7. The van der Waals surface area contributed by atoms with Gasteiger partial charge in [-0.3, -0.25) is 14.5 Å². The Hall–Kier alpha value is -3.71. The molecule has 4 heterocycles. The zero-order chi connectivity index (χ0) is 34.6. The van der Waals surface area contributed by atoms with E-state index in [2.05, 4.69) is 45.0 Å². The van der Waals surface area contributed by atoms with E-state index in [1.54, 1.807) is 19.1 Å². The Morgan fingerprint density at radius 1 is 1.02 bits per heavy atom. The second-order valence-electron chi connectivity index (χ2n) is 12.0. The van der Waals surface area contributed by atoms with E-state index in [-0.39, 0.29) is 44.0 Å². The topological polar surface area (TPSA) is 118 Å². The van der Waals surface area contributed by atoms with Crippen molar-refractivity contribution in [3.8, 4) is 0 Å². The Balaban J connectivity index is 1.36. The Bertz CT molecular complexity index is 1600. The Morgan fingerprint density at radius 3 is 2.34 bits per heavy atom. The summed E-state index contributed by atoms with van der Waals surface area (Å²) in [4.78, 5) is 41.0. The van der Waals surface area contributed by atoms with Crippen LogP contribution in [0.2, 0.25) is 25.7 Å². The smallest absolute Gasteiger partial charge is 0.380 e. The average molecular weight is 705 g/mol. The molecule has 3 aromatic heterocycles. The number of halogens is 6. The van der Waals surface area contributed by atoms with Gasteiger partial charge in [0.2, 0.25) is 11.9 Å². The van der Waals surface area contributed by atoms with Crippen LogP contribution in [0.3, 0.4) is 0 Å². The molecular formula is C28H34F6N8O3SSi. The lowest BCUT2D eigenvalue weighted by Gasteiger charge is -2.33. The summed E-state index contributed by atoms with van der Waals surface area (Å²) in [5.41, 5.74) is -4.09. The fourth-order valence-corrected chi connectivity index (χ4v) is 6.00. The summed E-state index contributed by atoms with van der Waals surface area (Å²) in [6.45, 7) is 8.22. The molecule has 1 fully saturated rings. The number of piperazine rings is 1. The van der Waals surface area contributed by atoms with E-state index in [0.29, 0.717) is 34.4 Å². The highest BCUT2D eigenvalue weighted by atomic mass is 32.2. The average Bonchev–Trinajstić information content (AvgIpc) is 2.98. The maximum absolute atomic E-state index is 14.0. The third kappa shape index (κ3) is 9.89. The van der Waals surface area contributed by atoms with Crippen LogP contribution in [-0.4, -0.2) is 76.7 Å². The first-order chi connectivity index (χ1) is 21.9. The van der Waals surface area contributed by atoms with Crippen molar-refractivity contribution in [2.45, 2.75) is 62.6 Å². The lowest BCUT2D eigenvalue weighted by atomic mass is 10.2. The maximum atomic E-state index is 14.0. The molecule has 3 aromatic rings. The number of hydrogen-bond acceptors (Lipinski definition) is 10. The van der Waals surface area contributed by atoms with Crippen molar-refractivity contribution in [1.82, 2.24) is 24.7 Å². The van der Waals surface area contributed by atoms with Gasteiger partial charge < -0.3 is 15.0 Å². The van der Waals surface area contributed by atoms with Crippen LogP contribution in [0.15, 0.2) is 46.6 Å². The number of amides is 1.